The molecular weight excluding hydrogens is 284 g/mol. The predicted octanol–water partition coefficient (Wildman–Crippen LogP) is 3.82. The van der Waals surface area contributed by atoms with Gasteiger partial charge in [-0.2, -0.15) is 0 Å². The fourth-order valence-corrected chi connectivity index (χ4v) is 3.68. The Morgan fingerprint density at radius 3 is 3.04 bits per heavy atom. The van der Waals surface area contributed by atoms with Crippen molar-refractivity contribution in [1.29, 1.82) is 0 Å². The molecule has 1 atom stereocenters. The molecule has 118 valence electrons. The quantitative estimate of drug-likeness (QED) is 0.800. The van der Waals surface area contributed by atoms with E-state index in [2.05, 4.69) is 64.2 Å². The number of hydrogen-bond donors (Lipinski definition) is 1. The van der Waals surface area contributed by atoms with E-state index in [-0.39, 0.29) is 0 Å². The molecule has 1 saturated heterocycles. The topological polar surface area (TPSA) is 44.8 Å². The maximum absolute atomic E-state index is 4.61. The van der Waals surface area contributed by atoms with Crippen LogP contribution in [0.5, 0.6) is 0 Å². The summed E-state index contributed by atoms with van der Waals surface area (Å²) in [5.41, 5.74) is 5.03. The summed E-state index contributed by atoms with van der Waals surface area (Å²) in [7, 11) is 0. The molecule has 1 unspecified atom stereocenters. The van der Waals surface area contributed by atoms with Crippen molar-refractivity contribution in [3.63, 3.8) is 0 Å². The number of aromatic nitrogens is 3. The highest BCUT2D eigenvalue weighted by atomic mass is 15.2. The monoisotopic (exact) mass is 306 g/mol. The van der Waals surface area contributed by atoms with Gasteiger partial charge in [0.25, 0.3) is 0 Å². The fraction of sp³-hybridized carbons (Fsp3) is 0.368. The van der Waals surface area contributed by atoms with Gasteiger partial charge in [0.15, 0.2) is 0 Å². The van der Waals surface area contributed by atoms with Gasteiger partial charge in [-0.15, -0.1) is 0 Å². The lowest BCUT2D eigenvalue weighted by atomic mass is 9.97. The third-order valence-electron chi connectivity index (χ3n) is 4.91. The van der Waals surface area contributed by atoms with Crippen LogP contribution in [-0.2, 0) is 6.42 Å². The Labute approximate surface area is 136 Å². The van der Waals surface area contributed by atoms with Crippen LogP contribution in [0.4, 0.5) is 5.82 Å². The van der Waals surface area contributed by atoms with E-state index in [1.165, 1.54) is 28.5 Å². The Morgan fingerprint density at radius 2 is 2.22 bits per heavy atom. The molecule has 0 radical (unpaired) electrons. The molecule has 3 heterocycles. The number of rotatable bonds is 3. The van der Waals surface area contributed by atoms with Gasteiger partial charge in [-0.25, -0.2) is 9.97 Å². The molecule has 0 saturated carbocycles. The zero-order valence-corrected chi connectivity index (χ0v) is 13.7. The zero-order chi connectivity index (χ0) is 15.8. The molecule has 0 spiro atoms. The lowest BCUT2D eigenvalue weighted by molar-refractivity contribution is 0.773. The van der Waals surface area contributed by atoms with Gasteiger partial charge in [0, 0.05) is 25.2 Å². The molecule has 2 aromatic heterocycles. The summed E-state index contributed by atoms with van der Waals surface area (Å²) in [5.74, 6) is 1.67. The Kier molecular flexibility index (Phi) is 3.52. The normalized spacial score (nSPS) is 18.0. The van der Waals surface area contributed by atoms with Crippen molar-refractivity contribution in [2.24, 2.45) is 0 Å². The molecule has 4 heteroatoms. The second-order valence-corrected chi connectivity index (χ2v) is 6.43. The van der Waals surface area contributed by atoms with Crippen LogP contribution < -0.4 is 4.90 Å². The third-order valence-corrected chi connectivity index (χ3v) is 4.91. The predicted molar refractivity (Wildman–Crippen MR) is 94.0 cm³/mol. The largest absolute Gasteiger partial charge is 0.355 e. The molecule has 4 nitrogen and oxygen atoms in total. The minimum absolute atomic E-state index is 0.587. The summed E-state index contributed by atoms with van der Waals surface area (Å²) in [6.45, 7) is 6.43. The van der Waals surface area contributed by atoms with E-state index in [4.69, 9.17) is 0 Å². The van der Waals surface area contributed by atoms with Gasteiger partial charge in [-0.05, 0) is 30.9 Å². The Hall–Kier alpha value is -2.36. The van der Waals surface area contributed by atoms with Crippen molar-refractivity contribution in [3.8, 4) is 0 Å². The Balaban J connectivity index is 1.66. The van der Waals surface area contributed by atoms with Crippen LogP contribution in [0.3, 0.4) is 0 Å². The highest BCUT2D eigenvalue weighted by molar-refractivity contribution is 5.91. The molecule has 0 bridgehead atoms. The summed E-state index contributed by atoms with van der Waals surface area (Å²) in [6.07, 6.45) is 5.92. The molecule has 1 aliphatic rings. The van der Waals surface area contributed by atoms with E-state index >= 15 is 0 Å². The number of benzene rings is 1. The van der Waals surface area contributed by atoms with Crippen molar-refractivity contribution >= 4 is 16.9 Å². The second kappa shape index (κ2) is 5.69. The summed E-state index contributed by atoms with van der Waals surface area (Å²) in [4.78, 5) is 14.7. The highest BCUT2D eigenvalue weighted by Gasteiger charge is 2.27. The van der Waals surface area contributed by atoms with Crippen LogP contribution in [0.25, 0.3) is 11.0 Å². The van der Waals surface area contributed by atoms with Gasteiger partial charge in [-0.1, -0.05) is 36.8 Å². The van der Waals surface area contributed by atoms with Crippen molar-refractivity contribution in [2.75, 3.05) is 18.0 Å². The van der Waals surface area contributed by atoms with Crippen LogP contribution >= 0.6 is 0 Å². The number of nitrogens with zero attached hydrogens (tertiary/aromatic N) is 3. The zero-order valence-electron chi connectivity index (χ0n) is 13.7. The van der Waals surface area contributed by atoms with Gasteiger partial charge >= 0.3 is 0 Å². The molecule has 4 rings (SSSR count). The molecule has 0 amide bonds. The van der Waals surface area contributed by atoms with E-state index < -0.39 is 0 Å². The van der Waals surface area contributed by atoms with Crippen LogP contribution in [0.1, 0.15) is 36.0 Å². The number of aryl methyl sites for hydroxylation is 2. The first-order valence-corrected chi connectivity index (χ1v) is 8.38. The lowest BCUT2D eigenvalue weighted by Crippen LogP contribution is -2.21. The fourth-order valence-electron chi connectivity index (χ4n) is 3.68. The van der Waals surface area contributed by atoms with Crippen LogP contribution in [0.2, 0.25) is 0 Å². The smallest absolute Gasteiger partial charge is 0.143 e. The first-order valence-electron chi connectivity index (χ1n) is 8.38. The van der Waals surface area contributed by atoms with Crippen LogP contribution in [0.15, 0.2) is 36.8 Å². The molecule has 3 aromatic rings. The first kappa shape index (κ1) is 14.2. The lowest BCUT2D eigenvalue weighted by Gasteiger charge is -2.19. The summed E-state index contributed by atoms with van der Waals surface area (Å²) >= 11 is 0. The number of anilines is 1. The van der Waals surface area contributed by atoms with E-state index in [1.54, 1.807) is 6.33 Å². The maximum Gasteiger partial charge on any atom is 0.143 e. The van der Waals surface area contributed by atoms with Gasteiger partial charge in [0.2, 0.25) is 0 Å². The minimum Gasteiger partial charge on any atom is -0.355 e. The van der Waals surface area contributed by atoms with E-state index in [0.717, 1.165) is 31.0 Å². The minimum atomic E-state index is 0.587. The molecule has 23 heavy (non-hydrogen) atoms. The van der Waals surface area contributed by atoms with Crippen molar-refractivity contribution < 1.29 is 0 Å². The second-order valence-electron chi connectivity index (χ2n) is 6.43. The SMILES string of the molecule is CCc1c[nH]c2ncnc(N3CCC(c4cccc(C)c4)C3)c12. The molecule has 1 N–H and O–H groups in total. The highest BCUT2D eigenvalue weighted by Crippen LogP contribution is 2.34. The van der Waals surface area contributed by atoms with Gasteiger partial charge in [0.1, 0.15) is 17.8 Å². The summed E-state index contributed by atoms with van der Waals surface area (Å²) in [5, 5.41) is 1.19. The number of hydrogen-bond acceptors (Lipinski definition) is 3. The van der Waals surface area contributed by atoms with E-state index in [9.17, 15) is 0 Å². The molecule has 0 aliphatic carbocycles. The van der Waals surface area contributed by atoms with Gasteiger partial charge in [-0.3, -0.25) is 0 Å². The number of aromatic amines is 1. The number of nitrogens with one attached hydrogen (secondary N) is 1. The van der Waals surface area contributed by atoms with E-state index in [0.29, 0.717) is 5.92 Å². The standard InChI is InChI=1S/C19H22N4/c1-3-14-10-20-18-17(14)19(22-12-21-18)23-8-7-16(11-23)15-6-4-5-13(2)9-15/h4-6,9-10,12,16H,3,7-8,11H2,1-2H3,(H,20,21,22). The van der Waals surface area contributed by atoms with Gasteiger partial charge < -0.3 is 9.88 Å². The van der Waals surface area contributed by atoms with Crippen molar-refractivity contribution in [3.05, 3.63) is 53.5 Å². The first-order chi connectivity index (χ1) is 11.3. The van der Waals surface area contributed by atoms with Crippen LogP contribution in [0, 0.1) is 6.92 Å². The maximum atomic E-state index is 4.61. The van der Waals surface area contributed by atoms with Crippen molar-refractivity contribution in [2.45, 2.75) is 32.6 Å². The molecule has 1 aliphatic heterocycles. The molecular formula is C19H22N4. The van der Waals surface area contributed by atoms with Gasteiger partial charge in [0.05, 0.1) is 5.39 Å². The average molecular weight is 306 g/mol. The molecule has 1 aromatic carbocycles. The summed E-state index contributed by atoms with van der Waals surface area (Å²) < 4.78 is 0. The van der Waals surface area contributed by atoms with Crippen molar-refractivity contribution in [1.82, 2.24) is 15.0 Å². The third kappa shape index (κ3) is 2.48. The van der Waals surface area contributed by atoms with Crippen LogP contribution in [-0.4, -0.2) is 28.0 Å². The average Bonchev–Trinajstić information content (AvgIpc) is 3.21. The Bertz CT molecular complexity index is 836. The number of H-pyrrole nitrogens is 1. The van der Waals surface area contributed by atoms with E-state index in [1.807, 2.05) is 0 Å². The number of fused-ring (bicyclic) bond motifs is 1. The Morgan fingerprint density at radius 1 is 1.30 bits per heavy atom. The summed E-state index contributed by atoms with van der Waals surface area (Å²) in [6, 6.07) is 8.90. The molecule has 1 fully saturated rings.